The number of likely N-dealkylation sites (N-methyl/N-ethyl adjacent to an activating group) is 1. The number of nitrogens with zero attached hydrogens (tertiary/aromatic N) is 1. The van der Waals surface area contributed by atoms with E-state index in [1.54, 1.807) is 39.0 Å². The molecule has 1 unspecified atom stereocenters. The van der Waals surface area contributed by atoms with Crippen LogP contribution in [0.25, 0.3) is 0 Å². The maximum absolute atomic E-state index is 12.2. The Morgan fingerprint density at radius 2 is 1.86 bits per heavy atom. The molecule has 6 heteroatoms. The first-order valence-electron chi connectivity index (χ1n) is 6.86. The molecule has 0 heterocycles. The largest absolute Gasteiger partial charge is 0.497 e. The highest BCUT2D eigenvalue weighted by Gasteiger charge is 2.28. The van der Waals surface area contributed by atoms with Crippen molar-refractivity contribution in [1.29, 1.82) is 0 Å². The molecule has 0 saturated carbocycles. The predicted octanol–water partition coefficient (Wildman–Crippen LogP) is 2.81. The molecule has 6 nitrogen and oxygen atoms in total. The van der Waals surface area contributed by atoms with E-state index in [0.29, 0.717) is 23.3 Å². The molecule has 1 amide bonds. The van der Waals surface area contributed by atoms with Crippen LogP contribution in [0.5, 0.6) is 11.5 Å². The summed E-state index contributed by atoms with van der Waals surface area (Å²) in [4.78, 5) is 24.9. The van der Waals surface area contributed by atoms with Crippen LogP contribution in [0.2, 0.25) is 0 Å². The van der Waals surface area contributed by atoms with Crippen LogP contribution in [0.15, 0.2) is 18.2 Å². The highest BCUT2D eigenvalue weighted by molar-refractivity contribution is 5.75. The second-order valence-electron chi connectivity index (χ2n) is 5.78. The van der Waals surface area contributed by atoms with Gasteiger partial charge in [-0.25, -0.2) is 4.79 Å². The molecule has 0 aliphatic carbocycles. The smallest absolute Gasteiger partial charge is 0.410 e. The maximum Gasteiger partial charge on any atom is 0.410 e. The predicted molar refractivity (Wildman–Crippen MR) is 82.3 cm³/mol. The molecule has 0 aromatic heterocycles. The van der Waals surface area contributed by atoms with Crippen LogP contribution in [-0.2, 0) is 9.53 Å². The number of rotatable bonds is 5. The van der Waals surface area contributed by atoms with Crippen molar-refractivity contribution >= 4 is 12.4 Å². The summed E-state index contributed by atoms with van der Waals surface area (Å²) in [5.41, 5.74) is -0.109. The number of hydrogen-bond acceptors (Lipinski definition) is 5. The Kier molecular flexibility index (Phi) is 5.79. The van der Waals surface area contributed by atoms with E-state index in [-0.39, 0.29) is 0 Å². The van der Waals surface area contributed by atoms with E-state index in [1.165, 1.54) is 26.2 Å². The van der Waals surface area contributed by atoms with E-state index in [2.05, 4.69) is 0 Å². The van der Waals surface area contributed by atoms with Crippen molar-refractivity contribution in [3.8, 4) is 11.5 Å². The van der Waals surface area contributed by atoms with E-state index in [1.807, 2.05) is 0 Å². The van der Waals surface area contributed by atoms with E-state index in [4.69, 9.17) is 14.2 Å². The topological polar surface area (TPSA) is 65.1 Å². The molecule has 0 aliphatic rings. The Bertz CT molecular complexity index is 536. The lowest BCUT2D eigenvalue weighted by Gasteiger charge is -2.29. The minimum Gasteiger partial charge on any atom is -0.497 e. The molecule has 122 valence electrons. The van der Waals surface area contributed by atoms with Crippen LogP contribution in [0.3, 0.4) is 0 Å². The van der Waals surface area contributed by atoms with Gasteiger partial charge in [0.15, 0.2) is 0 Å². The van der Waals surface area contributed by atoms with Crippen LogP contribution in [-0.4, -0.2) is 44.1 Å². The van der Waals surface area contributed by atoms with Gasteiger partial charge >= 0.3 is 6.09 Å². The summed E-state index contributed by atoms with van der Waals surface area (Å²) >= 11 is 0. The number of carbonyl (C=O) groups excluding carboxylic acids is 2. The summed E-state index contributed by atoms with van der Waals surface area (Å²) in [6.07, 6.45) is 0.0794. The van der Waals surface area contributed by atoms with Gasteiger partial charge in [-0.1, -0.05) is 0 Å². The standard InChI is InChI=1S/C16H23NO5/c1-16(2,3)22-15(19)17(4)13(10-18)12-9-11(20-5)7-8-14(12)21-6/h7-10,13H,1-6H3. The first-order chi connectivity index (χ1) is 10.2. The summed E-state index contributed by atoms with van der Waals surface area (Å²) < 4.78 is 15.7. The Labute approximate surface area is 131 Å². The highest BCUT2D eigenvalue weighted by atomic mass is 16.6. The molecule has 0 aliphatic heterocycles. The van der Waals surface area contributed by atoms with Gasteiger partial charge in [-0.15, -0.1) is 0 Å². The average Bonchev–Trinajstić information content (AvgIpc) is 2.45. The van der Waals surface area contributed by atoms with E-state index in [0.717, 1.165) is 0 Å². The lowest BCUT2D eigenvalue weighted by atomic mass is 10.1. The maximum atomic E-state index is 12.2. The Morgan fingerprint density at radius 1 is 1.23 bits per heavy atom. The van der Waals surface area contributed by atoms with Gasteiger partial charge in [0.05, 0.1) is 14.2 Å². The molecule has 1 aromatic rings. The zero-order chi connectivity index (χ0) is 16.9. The van der Waals surface area contributed by atoms with Gasteiger partial charge in [-0.2, -0.15) is 0 Å². The van der Waals surface area contributed by atoms with E-state index < -0.39 is 17.7 Å². The summed E-state index contributed by atoms with van der Waals surface area (Å²) in [6.45, 7) is 5.29. The third-order valence-electron chi connectivity index (χ3n) is 2.98. The summed E-state index contributed by atoms with van der Waals surface area (Å²) in [7, 11) is 4.53. The Morgan fingerprint density at radius 3 is 2.32 bits per heavy atom. The molecule has 0 bridgehead atoms. The monoisotopic (exact) mass is 309 g/mol. The number of ether oxygens (including phenoxy) is 3. The van der Waals surface area contributed by atoms with Gasteiger partial charge in [0.2, 0.25) is 0 Å². The SMILES string of the molecule is COc1ccc(OC)c(C(C=O)N(C)C(=O)OC(C)(C)C)c1. The molecule has 0 N–H and O–H groups in total. The molecular weight excluding hydrogens is 286 g/mol. The second-order valence-corrected chi connectivity index (χ2v) is 5.78. The normalized spacial score (nSPS) is 12.3. The van der Waals surface area contributed by atoms with Crippen molar-refractivity contribution in [2.45, 2.75) is 32.4 Å². The summed E-state index contributed by atoms with van der Waals surface area (Å²) in [5, 5.41) is 0. The molecule has 0 radical (unpaired) electrons. The Hall–Kier alpha value is -2.24. The minimum atomic E-state index is -0.833. The van der Waals surface area contributed by atoms with Crippen molar-refractivity contribution in [2.75, 3.05) is 21.3 Å². The van der Waals surface area contributed by atoms with E-state index >= 15 is 0 Å². The molecule has 1 rings (SSSR count). The molecular formula is C16H23NO5. The van der Waals surface area contributed by atoms with Crippen molar-refractivity contribution in [3.05, 3.63) is 23.8 Å². The van der Waals surface area contributed by atoms with Gasteiger partial charge in [0.25, 0.3) is 0 Å². The number of hydrogen-bond donors (Lipinski definition) is 0. The molecule has 1 aromatic carbocycles. The summed E-state index contributed by atoms with van der Waals surface area (Å²) in [6, 6.07) is 4.24. The van der Waals surface area contributed by atoms with Crippen molar-refractivity contribution in [1.82, 2.24) is 4.90 Å². The van der Waals surface area contributed by atoms with Crippen LogP contribution in [0.4, 0.5) is 4.79 Å². The fourth-order valence-electron chi connectivity index (χ4n) is 1.89. The van der Waals surface area contributed by atoms with Crippen molar-refractivity contribution in [2.24, 2.45) is 0 Å². The third kappa shape index (κ3) is 4.38. The van der Waals surface area contributed by atoms with Crippen LogP contribution >= 0.6 is 0 Å². The van der Waals surface area contributed by atoms with Crippen molar-refractivity contribution in [3.63, 3.8) is 0 Å². The second kappa shape index (κ2) is 7.15. The van der Waals surface area contributed by atoms with Crippen LogP contribution in [0, 0.1) is 0 Å². The zero-order valence-corrected chi connectivity index (χ0v) is 13.9. The number of aldehydes is 1. The van der Waals surface area contributed by atoms with Gasteiger partial charge in [0.1, 0.15) is 29.4 Å². The first kappa shape index (κ1) is 17.8. The van der Waals surface area contributed by atoms with Crippen LogP contribution < -0.4 is 9.47 Å². The third-order valence-corrected chi connectivity index (χ3v) is 2.98. The van der Waals surface area contributed by atoms with Gasteiger partial charge in [0, 0.05) is 12.6 Å². The quantitative estimate of drug-likeness (QED) is 0.783. The number of amides is 1. The fourth-order valence-corrected chi connectivity index (χ4v) is 1.89. The minimum absolute atomic E-state index is 0.494. The number of benzene rings is 1. The highest BCUT2D eigenvalue weighted by Crippen LogP contribution is 2.31. The molecule has 0 fully saturated rings. The fraction of sp³-hybridized carbons (Fsp3) is 0.500. The molecule has 0 spiro atoms. The molecule has 0 saturated heterocycles. The number of carbonyl (C=O) groups is 2. The zero-order valence-electron chi connectivity index (χ0n) is 13.9. The Balaban J connectivity index is 3.14. The first-order valence-corrected chi connectivity index (χ1v) is 6.86. The van der Waals surface area contributed by atoms with Crippen molar-refractivity contribution < 1.29 is 23.8 Å². The average molecular weight is 309 g/mol. The summed E-state index contributed by atoms with van der Waals surface area (Å²) in [5.74, 6) is 1.06. The van der Waals surface area contributed by atoms with Gasteiger partial charge in [-0.05, 0) is 39.0 Å². The molecule has 22 heavy (non-hydrogen) atoms. The lowest BCUT2D eigenvalue weighted by molar-refractivity contribution is -0.112. The van der Waals surface area contributed by atoms with Crippen LogP contribution in [0.1, 0.15) is 32.4 Å². The number of methoxy groups -OCH3 is 2. The van der Waals surface area contributed by atoms with E-state index in [9.17, 15) is 9.59 Å². The van der Waals surface area contributed by atoms with Gasteiger partial charge in [-0.3, -0.25) is 4.90 Å². The lowest BCUT2D eigenvalue weighted by Crippen LogP contribution is -2.37. The molecule has 1 atom stereocenters. The van der Waals surface area contributed by atoms with Gasteiger partial charge < -0.3 is 19.0 Å².